The number of aromatic nitrogens is 1. The molecule has 1 aromatic heterocycles. The van der Waals surface area contributed by atoms with Gasteiger partial charge in [0.15, 0.2) is 0 Å². The molecule has 204 valence electrons. The second-order valence-corrected chi connectivity index (χ2v) is 9.77. The Bertz CT molecular complexity index is 1250. The number of nitrogens with zero attached hydrogens (tertiary/aromatic N) is 4. The van der Waals surface area contributed by atoms with Crippen LogP contribution in [0.4, 0.5) is 10.5 Å². The van der Waals surface area contributed by atoms with E-state index in [4.69, 9.17) is 31.5 Å². The highest BCUT2D eigenvalue weighted by molar-refractivity contribution is 6.34. The molecule has 2 aromatic carbocycles. The lowest BCUT2D eigenvalue weighted by atomic mass is 10.2. The molecule has 9 nitrogen and oxygen atoms in total. The Morgan fingerprint density at radius 2 is 1.92 bits per heavy atom. The normalized spacial score (nSPS) is 14.4. The molecule has 1 aliphatic rings. The summed E-state index contributed by atoms with van der Waals surface area (Å²) in [7, 11) is 3.77. The van der Waals surface area contributed by atoms with Crippen LogP contribution in [0.3, 0.4) is 0 Å². The summed E-state index contributed by atoms with van der Waals surface area (Å²) < 4.78 is 17.9. The molecule has 2 heterocycles. The molecule has 1 aliphatic heterocycles. The van der Waals surface area contributed by atoms with Crippen LogP contribution in [-0.2, 0) is 0 Å². The number of rotatable bonds is 11. The van der Waals surface area contributed by atoms with E-state index in [-0.39, 0.29) is 0 Å². The molecule has 0 spiro atoms. The molecule has 1 saturated heterocycles. The number of carbonyl (C=O) groups is 1. The summed E-state index contributed by atoms with van der Waals surface area (Å²) in [6, 6.07) is 12.0. The van der Waals surface area contributed by atoms with Crippen molar-refractivity contribution in [1.82, 2.24) is 14.8 Å². The number of nitrogens with two attached hydrogens (primary N) is 1. The molecule has 1 fully saturated rings. The van der Waals surface area contributed by atoms with Gasteiger partial charge in [-0.2, -0.15) is 0 Å². The van der Waals surface area contributed by atoms with Gasteiger partial charge in [-0.05, 0) is 44.2 Å². The zero-order valence-corrected chi connectivity index (χ0v) is 23.0. The van der Waals surface area contributed by atoms with Crippen molar-refractivity contribution in [3.8, 4) is 23.1 Å². The average molecular weight is 542 g/mol. The first-order valence-electron chi connectivity index (χ1n) is 13.0. The predicted molar refractivity (Wildman–Crippen MR) is 151 cm³/mol. The summed E-state index contributed by atoms with van der Waals surface area (Å²) in [5.41, 5.74) is 6.78. The lowest BCUT2D eigenvalue weighted by Gasteiger charge is -2.32. The van der Waals surface area contributed by atoms with Gasteiger partial charge in [0.25, 0.3) is 0 Å². The molecule has 4 rings (SSSR count). The number of primary amides is 1. The third-order valence-corrected chi connectivity index (χ3v) is 6.87. The largest absolute Gasteiger partial charge is 0.496 e. The van der Waals surface area contributed by atoms with Crippen LogP contribution in [-0.4, -0.2) is 80.8 Å². The van der Waals surface area contributed by atoms with Crippen LogP contribution in [0.5, 0.6) is 23.1 Å². The summed E-state index contributed by atoms with van der Waals surface area (Å²) in [5.74, 6) is 2.15. The van der Waals surface area contributed by atoms with Gasteiger partial charge in [0.1, 0.15) is 17.2 Å². The molecule has 2 N–H and O–H groups in total. The Morgan fingerprint density at radius 1 is 1.13 bits per heavy atom. The fourth-order valence-electron chi connectivity index (χ4n) is 4.53. The maximum atomic E-state index is 11.9. The number of anilines is 1. The van der Waals surface area contributed by atoms with E-state index < -0.39 is 6.03 Å². The molecule has 0 aliphatic carbocycles. The number of amides is 2. The van der Waals surface area contributed by atoms with E-state index in [1.165, 1.54) is 4.90 Å². The molecule has 0 radical (unpaired) electrons. The van der Waals surface area contributed by atoms with E-state index in [1.807, 2.05) is 25.1 Å². The Hall–Kier alpha value is -3.27. The van der Waals surface area contributed by atoms with Crippen molar-refractivity contribution in [2.75, 3.05) is 64.9 Å². The Balaban J connectivity index is 1.53. The first-order valence-corrected chi connectivity index (χ1v) is 13.3. The van der Waals surface area contributed by atoms with E-state index in [0.29, 0.717) is 52.5 Å². The summed E-state index contributed by atoms with van der Waals surface area (Å²) in [5, 5.41) is 1.09. The zero-order chi connectivity index (χ0) is 27.1. The minimum Gasteiger partial charge on any atom is -0.496 e. The van der Waals surface area contributed by atoms with Crippen LogP contribution >= 0.6 is 11.6 Å². The van der Waals surface area contributed by atoms with Gasteiger partial charge in [-0.25, -0.2) is 9.78 Å². The highest BCUT2D eigenvalue weighted by atomic mass is 35.5. The third kappa shape index (κ3) is 6.78. The van der Waals surface area contributed by atoms with Crippen LogP contribution in [0, 0.1) is 0 Å². The second-order valence-electron chi connectivity index (χ2n) is 9.37. The lowest BCUT2D eigenvalue weighted by Crippen LogP contribution is -2.44. The highest BCUT2D eigenvalue weighted by Gasteiger charge is 2.18. The molecular weight excluding hydrogens is 506 g/mol. The molecule has 0 bridgehead atoms. The van der Waals surface area contributed by atoms with Crippen molar-refractivity contribution in [3.63, 3.8) is 0 Å². The van der Waals surface area contributed by atoms with E-state index in [1.54, 1.807) is 31.4 Å². The van der Waals surface area contributed by atoms with Gasteiger partial charge in [-0.1, -0.05) is 24.6 Å². The lowest BCUT2D eigenvalue weighted by molar-refractivity contribution is 0.145. The number of pyridine rings is 1. The monoisotopic (exact) mass is 541 g/mol. The number of fused-ring (bicyclic) bond motifs is 1. The Labute approximate surface area is 229 Å². The van der Waals surface area contributed by atoms with Gasteiger partial charge in [0.05, 0.1) is 35.3 Å². The number of hydrogen-bond acceptors (Lipinski definition) is 7. The summed E-state index contributed by atoms with van der Waals surface area (Å²) in [4.78, 5) is 22.9. The van der Waals surface area contributed by atoms with Gasteiger partial charge in [0, 0.05) is 51.4 Å². The van der Waals surface area contributed by atoms with E-state index in [2.05, 4.69) is 21.8 Å². The number of ether oxygens (including phenoxy) is 3. The molecule has 38 heavy (non-hydrogen) atoms. The molecule has 0 saturated carbocycles. The predicted octanol–water partition coefficient (Wildman–Crippen LogP) is 5.00. The summed E-state index contributed by atoms with van der Waals surface area (Å²) in [6.07, 6.45) is 1.65. The summed E-state index contributed by atoms with van der Waals surface area (Å²) in [6.45, 7) is 8.34. The van der Waals surface area contributed by atoms with Crippen molar-refractivity contribution in [1.29, 1.82) is 0 Å². The Morgan fingerprint density at radius 3 is 2.61 bits per heavy atom. The average Bonchev–Trinajstić information content (AvgIpc) is 2.90. The Kier molecular flexibility index (Phi) is 9.49. The van der Waals surface area contributed by atoms with Crippen molar-refractivity contribution >= 4 is 34.2 Å². The molecule has 10 heteroatoms. The minimum absolute atomic E-state index is 0.362. The highest BCUT2D eigenvalue weighted by Crippen LogP contribution is 2.39. The van der Waals surface area contributed by atoms with Gasteiger partial charge in [-0.3, -0.25) is 4.90 Å². The van der Waals surface area contributed by atoms with Crippen LogP contribution in [0.15, 0.2) is 42.5 Å². The van der Waals surface area contributed by atoms with Gasteiger partial charge >= 0.3 is 6.03 Å². The number of hydrogen-bond donors (Lipinski definition) is 1. The number of urea groups is 1. The van der Waals surface area contributed by atoms with Crippen LogP contribution in [0.2, 0.25) is 5.02 Å². The number of likely N-dealkylation sites (N-methyl/N-ethyl adjacent to an activating group) is 1. The van der Waals surface area contributed by atoms with E-state index in [0.717, 1.165) is 51.0 Å². The van der Waals surface area contributed by atoms with Gasteiger partial charge < -0.3 is 29.7 Å². The van der Waals surface area contributed by atoms with Crippen molar-refractivity contribution in [3.05, 3.63) is 47.5 Å². The third-order valence-electron chi connectivity index (χ3n) is 6.57. The fourth-order valence-corrected chi connectivity index (χ4v) is 4.80. The maximum absolute atomic E-state index is 11.9. The first-order chi connectivity index (χ1) is 18.4. The van der Waals surface area contributed by atoms with Crippen LogP contribution < -0.4 is 24.8 Å². The summed E-state index contributed by atoms with van der Waals surface area (Å²) >= 11 is 6.54. The van der Waals surface area contributed by atoms with Crippen molar-refractivity contribution in [2.24, 2.45) is 5.73 Å². The maximum Gasteiger partial charge on any atom is 0.319 e. The van der Waals surface area contributed by atoms with Crippen LogP contribution in [0.25, 0.3) is 10.9 Å². The molecule has 3 aromatic rings. The zero-order valence-electron chi connectivity index (χ0n) is 22.3. The van der Waals surface area contributed by atoms with Gasteiger partial charge in [-0.15, -0.1) is 0 Å². The number of piperazine rings is 1. The van der Waals surface area contributed by atoms with E-state index in [9.17, 15) is 4.79 Å². The molecule has 0 unspecified atom stereocenters. The standard InChI is InChI=1S/C28H36ClN5O4/c1-4-11-34(28(30)35)23-10-9-20(18-21(23)29)38-25-19-26(31-22-7-5-8-24(36-3)27(22)25)37-17-6-12-33-15-13-32(2)14-16-33/h5,7-10,18-19H,4,6,11-17H2,1-3H3,(H2,30,35). The smallest absolute Gasteiger partial charge is 0.319 e. The number of methoxy groups -OCH3 is 1. The second kappa shape index (κ2) is 13.0. The SMILES string of the molecule is CCCN(C(N)=O)c1ccc(Oc2cc(OCCCN3CCN(C)CC3)nc3cccc(OC)c23)cc1Cl. The number of benzene rings is 2. The first kappa shape index (κ1) is 27.8. The fraction of sp³-hybridized carbons (Fsp3) is 0.429. The number of carbonyl (C=O) groups excluding carboxylic acids is 1. The van der Waals surface area contributed by atoms with Crippen molar-refractivity contribution < 1.29 is 19.0 Å². The topological polar surface area (TPSA) is 93.4 Å². The molecular formula is C28H36ClN5O4. The van der Waals surface area contributed by atoms with Gasteiger partial charge in [0.2, 0.25) is 5.88 Å². The quantitative estimate of drug-likeness (QED) is 0.341. The number of halogens is 1. The molecule has 2 amide bonds. The molecule has 0 atom stereocenters. The van der Waals surface area contributed by atoms with Crippen LogP contribution in [0.1, 0.15) is 19.8 Å². The van der Waals surface area contributed by atoms with Crippen molar-refractivity contribution in [2.45, 2.75) is 19.8 Å². The van der Waals surface area contributed by atoms with E-state index >= 15 is 0 Å². The minimum atomic E-state index is -0.554.